The van der Waals surface area contributed by atoms with Crippen molar-refractivity contribution in [3.63, 3.8) is 0 Å². The summed E-state index contributed by atoms with van der Waals surface area (Å²) in [6.07, 6.45) is 2.23. The van der Waals surface area contributed by atoms with E-state index >= 15 is 0 Å². The number of carbonyl (C=O) groups is 1. The van der Waals surface area contributed by atoms with Gasteiger partial charge >= 0.3 is 0 Å². The van der Waals surface area contributed by atoms with Gasteiger partial charge in [0.25, 0.3) is 0 Å². The summed E-state index contributed by atoms with van der Waals surface area (Å²) in [6.45, 7) is 8.79. The third kappa shape index (κ3) is 6.20. The van der Waals surface area contributed by atoms with Crippen molar-refractivity contribution in [2.24, 2.45) is 11.3 Å². The van der Waals surface area contributed by atoms with Crippen LogP contribution in [0.4, 0.5) is 0 Å². The van der Waals surface area contributed by atoms with Crippen LogP contribution in [0.2, 0.25) is 5.02 Å². The van der Waals surface area contributed by atoms with Gasteiger partial charge in [-0.2, -0.15) is 0 Å². The standard InChI is InChI=1S/C16H23ClO/c1-12(11-16(2,3)4)8-15(18)10-13-6-5-7-14(17)9-13/h5-7,9,12H,8,10-11H2,1-4H3. The normalized spacial score (nSPS) is 13.4. The molecule has 0 spiro atoms. The molecule has 1 aromatic rings. The first-order chi connectivity index (χ1) is 8.26. The number of benzene rings is 1. The Morgan fingerprint density at radius 3 is 2.56 bits per heavy atom. The number of halogens is 1. The summed E-state index contributed by atoms with van der Waals surface area (Å²) >= 11 is 5.91. The molecule has 0 saturated heterocycles. The molecule has 0 saturated carbocycles. The van der Waals surface area contributed by atoms with Crippen molar-refractivity contribution in [1.82, 2.24) is 0 Å². The lowest BCUT2D eigenvalue weighted by atomic mass is 9.83. The number of rotatable bonds is 5. The van der Waals surface area contributed by atoms with Crippen LogP contribution < -0.4 is 0 Å². The molecule has 0 aromatic heterocycles. The first-order valence-electron chi connectivity index (χ1n) is 6.52. The minimum absolute atomic E-state index is 0.287. The molecular weight excluding hydrogens is 244 g/mol. The van der Waals surface area contributed by atoms with Crippen LogP contribution in [0.1, 0.15) is 46.1 Å². The highest BCUT2D eigenvalue weighted by atomic mass is 35.5. The van der Waals surface area contributed by atoms with Crippen LogP contribution in [0.3, 0.4) is 0 Å². The molecule has 0 aliphatic heterocycles. The largest absolute Gasteiger partial charge is 0.299 e. The van der Waals surface area contributed by atoms with Gasteiger partial charge < -0.3 is 0 Å². The number of hydrogen-bond donors (Lipinski definition) is 0. The molecule has 1 rings (SSSR count). The van der Waals surface area contributed by atoms with E-state index < -0.39 is 0 Å². The van der Waals surface area contributed by atoms with Crippen LogP contribution in [0.25, 0.3) is 0 Å². The van der Waals surface area contributed by atoms with Crippen LogP contribution in [0.5, 0.6) is 0 Å². The fourth-order valence-corrected chi connectivity index (χ4v) is 2.67. The lowest BCUT2D eigenvalue weighted by molar-refractivity contribution is -0.119. The molecule has 0 aliphatic carbocycles. The molecule has 0 N–H and O–H groups in total. The van der Waals surface area contributed by atoms with Crippen LogP contribution in [0, 0.1) is 11.3 Å². The SMILES string of the molecule is CC(CC(=O)Cc1cccc(Cl)c1)CC(C)(C)C. The molecule has 1 aromatic carbocycles. The van der Waals surface area contributed by atoms with Crippen molar-refractivity contribution in [2.75, 3.05) is 0 Å². The summed E-state index contributed by atoms with van der Waals surface area (Å²) < 4.78 is 0. The summed E-state index contributed by atoms with van der Waals surface area (Å²) in [5.41, 5.74) is 1.30. The zero-order valence-corrected chi connectivity index (χ0v) is 12.6. The van der Waals surface area contributed by atoms with E-state index in [0.29, 0.717) is 29.6 Å². The van der Waals surface area contributed by atoms with E-state index in [4.69, 9.17) is 11.6 Å². The molecule has 0 heterocycles. The number of carbonyl (C=O) groups excluding carboxylic acids is 1. The van der Waals surface area contributed by atoms with Gasteiger partial charge in [-0.05, 0) is 35.4 Å². The van der Waals surface area contributed by atoms with Gasteiger partial charge in [0.2, 0.25) is 0 Å². The molecule has 1 unspecified atom stereocenters. The van der Waals surface area contributed by atoms with E-state index in [9.17, 15) is 4.79 Å². The summed E-state index contributed by atoms with van der Waals surface area (Å²) in [6, 6.07) is 7.55. The smallest absolute Gasteiger partial charge is 0.137 e. The molecule has 1 atom stereocenters. The number of hydrogen-bond acceptors (Lipinski definition) is 1. The zero-order valence-electron chi connectivity index (χ0n) is 11.8. The Hall–Kier alpha value is -0.820. The maximum absolute atomic E-state index is 12.0. The summed E-state index contributed by atoms with van der Waals surface area (Å²) in [7, 11) is 0. The summed E-state index contributed by atoms with van der Waals surface area (Å²) in [5.74, 6) is 0.741. The quantitative estimate of drug-likeness (QED) is 0.740. The first-order valence-corrected chi connectivity index (χ1v) is 6.90. The van der Waals surface area contributed by atoms with Gasteiger partial charge in [0.15, 0.2) is 0 Å². The van der Waals surface area contributed by atoms with Gasteiger partial charge in [0, 0.05) is 17.9 Å². The van der Waals surface area contributed by atoms with Crippen LogP contribution >= 0.6 is 11.6 Å². The van der Waals surface area contributed by atoms with Gasteiger partial charge in [0.1, 0.15) is 5.78 Å². The molecule has 2 heteroatoms. The molecule has 18 heavy (non-hydrogen) atoms. The Morgan fingerprint density at radius 2 is 2.00 bits per heavy atom. The van der Waals surface area contributed by atoms with Crippen molar-refractivity contribution in [1.29, 1.82) is 0 Å². The van der Waals surface area contributed by atoms with Crippen molar-refractivity contribution in [2.45, 2.75) is 47.0 Å². The molecule has 0 bridgehead atoms. The highest BCUT2D eigenvalue weighted by molar-refractivity contribution is 6.30. The van der Waals surface area contributed by atoms with E-state index in [0.717, 1.165) is 12.0 Å². The van der Waals surface area contributed by atoms with Gasteiger partial charge in [-0.15, -0.1) is 0 Å². The number of Topliss-reactive ketones (excluding diaryl/α,β-unsaturated/α-hetero) is 1. The Bertz CT molecular complexity index is 404. The lowest BCUT2D eigenvalue weighted by Crippen LogP contribution is -2.15. The van der Waals surface area contributed by atoms with E-state index in [1.165, 1.54) is 0 Å². The van der Waals surface area contributed by atoms with E-state index in [1.807, 2.05) is 24.3 Å². The minimum Gasteiger partial charge on any atom is -0.299 e. The Morgan fingerprint density at radius 1 is 1.33 bits per heavy atom. The van der Waals surface area contributed by atoms with Crippen LogP contribution in [0.15, 0.2) is 24.3 Å². The van der Waals surface area contributed by atoms with Crippen molar-refractivity contribution >= 4 is 17.4 Å². The second kappa shape index (κ2) is 6.38. The average Bonchev–Trinajstić information content (AvgIpc) is 2.13. The molecule has 0 fully saturated rings. The van der Waals surface area contributed by atoms with E-state index in [2.05, 4.69) is 27.7 Å². The van der Waals surface area contributed by atoms with E-state index in [-0.39, 0.29) is 5.41 Å². The Balaban J connectivity index is 2.47. The highest BCUT2D eigenvalue weighted by Gasteiger charge is 2.17. The topological polar surface area (TPSA) is 17.1 Å². The van der Waals surface area contributed by atoms with Gasteiger partial charge in [0.05, 0.1) is 0 Å². The van der Waals surface area contributed by atoms with Gasteiger partial charge in [-0.3, -0.25) is 4.79 Å². The van der Waals surface area contributed by atoms with Crippen molar-refractivity contribution < 1.29 is 4.79 Å². The predicted molar refractivity (Wildman–Crippen MR) is 78.0 cm³/mol. The third-order valence-electron chi connectivity index (χ3n) is 2.83. The molecule has 0 radical (unpaired) electrons. The lowest BCUT2D eigenvalue weighted by Gasteiger charge is -2.22. The van der Waals surface area contributed by atoms with E-state index in [1.54, 1.807) is 0 Å². The monoisotopic (exact) mass is 266 g/mol. The number of ketones is 1. The Kier molecular flexibility index (Phi) is 5.40. The van der Waals surface area contributed by atoms with Crippen LogP contribution in [-0.4, -0.2) is 5.78 Å². The van der Waals surface area contributed by atoms with Gasteiger partial charge in [-0.25, -0.2) is 0 Å². The third-order valence-corrected chi connectivity index (χ3v) is 3.06. The molecular formula is C16H23ClO. The fraction of sp³-hybridized carbons (Fsp3) is 0.562. The minimum atomic E-state index is 0.287. The fourth-order valence-electron chi connectivity index (χ4n) is 2.45. The zero-order chi connectivity index (χ0) is 13.8. The first kappa shape index (κ1) is 15.2. The van der Waals surface area contributed by atoms with Crippen molar-refractivity contribution in [3.05, 3.63) is 34.9 Å². The second-order valence-corrected chi connectivity index (χ2v) is 6.86. The van der Waals surface area contributed by atoms with Gasteiger partial charge in [-0.1, -0.05) is 51.4 Å². The highest BCUT2D eigenvalue weighted by Crippen LogP contribution is 2.26. The summed E-state index contributed by atoms with van der Waals surface area (Å²) in [4.78, 5) is 12.0. The maximum Gasteiger partial charge on any atom is 0.137 e. The Labute approximate surface area is 116 Å². The van der Waals surface area contributed by atoms with Crippen molar-refractivity contribution in [3.8, 4) is 0 Å². The molecule has 0 amide bonds. The molecule has 100 valence electrons. The average molecular weight is 267 g/mol. The summed E-state index contributed by atoms with van der Waals surface area (Å²) in [5, 5.41) is 0.697. The maximum atomic E-state index is 12.0. The molecule has 0 aliphatic rings. The predicted octanol–water partition coefficient (Wildman–Crippen LogP) is 4.91. The van der Waals surface area contributed by atoms with Crippen LogP contribution in [-0.2, 0) is 11.2 Å². The molecule has 1 nitrogen and oxygen atoms in total. The second-order valence-electron chi connectivity index (χ2n) is 6.42.